The van der Waals surface area contributed by atoms with Crippen molar-refractivity contribution in [2.45, 2.75) is 26.4 Å². The summed E-state index contributed by atoms with van der Waals surface area (Å²) in [6, 6.07) is 0. The Morgan fingerprint density at radius 3 is 2.71 bits per heavy atom. The number of hydrogen-bond acceptors (Lipinski definition) is 4. The molecule has 0 aliphatic heterocycles. The smallest absolute Gasteiger partial charge is 0.403 e. The number of halogens is 1. The quantitative estimate of drug-likeness (QED) is 0.468. The van der Waals surface area contributed by atoms with Gasteiger partial charge >= 0.3 is 5.43 Å². The summed E-state index contributed by atoms with van der Waals surface area (Å²) in [6.45, 7) is 5.97. The molecule has 0 rings (SSSR count). The molecule has 0 bridgehead atoms. The van der Waals surface area contributed by atoms with Crippen LogP contribution in [0.15, 0.2) is 0 Å². The fourth-order valence-corrected chi connectivity index (χ4v) is 0.884. The zero-order valence-corrected chi connectivity index (χ0v) is 9.38. The Hall–Kier alpha value is -0.320. The molecule has 4 nitrogen and oxygen atoms in total. The molecule has 0 spiro atoms. The van der Waals surface area contributed by atoms with E-state index in [9.17, 15) is 4.79 Å². The first-order valence-electron chi connectivity index (χ1n) is 4.68. The Morgan fingerprint density at radius 1 is 1.43 bits per heavy atom. The van der Waals surface area contributed by atoms with Crippen molar-refractivity contribution < 1.29 is 19.0 Å². The SMILES string of the molecule is CCOCCCOC(C)COC(=O)Cl. The molecule has 0 fully saturated rings. The second-order valence-corrected chi connectivity index (χ2v) is 3.09. The van der Waals surface area contributed by atoms with Crippen LogP contribution in [0.4, 0.5) is 4.79 Å². The maximum absolute atomic E-state index is 10.2. The second-order valence-electron chi connectivity index (χ2n) is 2.78. The lowest BCUT2D eigenvalue weighted by molar-refractivity contribution is 0.0104. The van der Waals surface area contributed by atoms with E-state index in [-0.39, 0.29) is 12.7 Å². The standard InChI is InChI=1S/C9H17ClO4/c1-3-12-5-4-6-13-8(2)7-14-9(10)11/h8H,3-7H2,1-2H3. The van der Waals surface area contributed by atoms with E-state index in [2.05, 4.69) is 4.74 Å². The highest BCUT2D eigenvalue weighted by atomic mass is 35.5. The molecule has 1 atom stereocenters. The Kier molecular flexibility index (Phi) is 9.03. The van der Waals surface area contributed by atoms with Gasteiger partial charge in [-0.25, -0.2) is 4.79 Å². The molecule has 5 heteroatoms. The lowest BCUT2D eigenvalue weighted by Gasteiger charge is -2.11. The maximum atomic E-state index is 10.2. The maximum Gasteiger partial charge on any atom is 0.403 e. The highest BCUT2D eigenvalue weighted by molar-refractivity contribution is 6.61. The molecule has 0 radical (unpaired) electrons. The predicted molar refractivity (Wildman–Crippen MR) is 53.7 cm³/mol. The molecule has 1 unspecified atom stereocenters. The van der Waals surface area contributed by atoms with Crippen molar-refractivity contribution in [3.05, 3.63) is 0 Å². The number of carbonyl (C=O) groups excluding carboxylic acids is 1. The van der Waals surface area contributed by atoms with Crippen molar-refractivity contribution in [2.75, 3.05) is 26.4 Å². The van der Waals surface area contributed by atoms with Gasteiger partial charge in [0, 0.05) is 31.4 Å². The normalized spacial score (nSPS) is 12.5. The van der Waals surface area contributed by atoms with Crippen molar-refractivity contribution in [3.63, 3.8) is 0 Å². The summed E-state index contributed by atoms with van der Waals surface area (Å²) < 4.78 is 15.0. The van der Waals surface area contributed by atoms with E-state index in [1.807, 2.05) is 13.8 Å². The van der Waals surface area contributed by atoms with Gasteiger partial charge in [0.05, 0.1) is 6.10 Å². The van der Waals surface area contributed by atoms with Crippen LogP contribution >= 0.6 is 11.6 Å². The Labute approximate surface area is 89.5 Å². The Bertz CT molecular complexity index is 152. The van der Waals surface area contributed by atoms with Gasteiger partial charge in [0.25, 0.3) is 0 Å². The van der Waals surface area contributed by atoms with Gasteiger partial charge < -0.3 is 14.2 Å². The number of rotatable bonds is 8. The van der Waals surface area contributed by atoms with Gasteiger partial charge in [-0.3, -0.25) is 0 Å². The van der Waals surface area contributed by atoms with Crippen LogP contribution in [-0.4, -0.2) is 38.0 Å². The van der Waals surface area contributed by atoms with Gasteiger partial charge in [0.15, 0.2) is 0 Å². The average molecular weight is 225 g/mol. The molecule has 0 aliphatic rings. The van der Waals surface area contributed by atoms with Crippen molar-refractivity contribution in [1.82, 2.24) is 0 Å². The predicted octanol–water partition coefficient (Wildman–Crippen LogP) is 2.19. The highest BCUT2D eigenvalue weighted by Crippen LogP contribution is 1.96. The van der Waals surface area contributed by atoms with Crippen LogP contribution < -0.4 is 0 Å². The Morgan fingerprint density at radius 2 is 2.14 bits per heavy atom. The van der Waals surface area contributed by atoms with Gasteiger partial charge in [0.1, 0.15) is 6.61 Å². The minimum Gasteiger partial charge on any atom is -0.451 e. The van der Waals surface area contributed by atoms with E-state index >= 15 is 0 Å². The van der Waals surface area contributed by atoms with Crippen LogP contribution in [0.3, 0.4) is 0 Å². The van der Waals surface area contributed by atoms with Crippen LogP contribution in [0.25, 0.3) is 0 Å². The zero-order valence-electron chi connectivity index (χ0n) is 8.62. The topological polar surface area (TPSA) is 44.8 Å². The van der Waals surface area contributed by atoms with E-state index in [1.165, 1.54) is 0 Å². The van der Waals surface area contributed by atoms with Crippen LogP contribution in [0, 0.1) is 0 Å². The van der Waals surface area contributed by atoms with Crippen LogP contribution in [0.5, 0.6) is 0 Å². The lowest BCUT2D eigenvalue weighted by atomic mass is 10.4. The second kappa shape index (κ2) is 9.24. The molecule has 84 valence electrons. The summed E-state index contributed by atoms with van der Waals surface area (Å²) in [5.41, 5.74) is -0.797. The summed E-state index contributed by atoms with van der Waals surface area (Å²) in [5, 5.41) is 0. The van der Waals surface area contributed by atoms with Crippen molar-refractivity contribution >= 4 is 17.0 Å². The van der Waals surface area contributed by atoms with E-state index in [0.29, 0.717) is 13.2 Å². The van der Waals surface area contributed by atoms with E-state index < -0.39 is 5.43 Å². The highest BCUT2D eigenvalue weighted by Gasteiger charge is 2.04. The molecule has 0 aromatic carbocycles. The van der Waals surface area contributed by atoms with Gasteiger partial charge in [0.2, 0.25) is 0 Å². The first-order chi connectivity index (χ1) is 6.66. The summed E-state index contributed by atoms with van der Waals surface area (Å²) >= 11 is 4.99. The van der Waals surface area contributed by atoms with Crippen LogP contribution in [-0.2, 0) is 14.2 Å². The molecule has 0 heterocycles. The Balaban J connectivity index is 3.18. The molecule has 0 aromatic heterocycles. The van der Waals surface area contributed by atoms with Crippen molar-refractivity contribution in [3.8, 4) is 0 Å². The number of carbonyl (C=O) groups is 1. The first-order valence-corrected chi connectivity index (χ1v) is 5.06. The molecule has 14 heavy (non-hydrogen) atoms. The van der Waals surface area contributed by atoms with E-state index in [1.54, 1.807) is 0 Å². The molecule has 0 saturated heterocycles. The number of ether oxygens (including phenoxy) is 3. The fraction of sp³-hybridized carbons (Fsp3) is 0.889. The van der Waals surface area contributed by atoms with Crippen LogP contribution in [0.2, 0.25) is 0 Å². The summed E-state index contributed by atoms with van der Waals surface area (Å²) in [6.07, 6.45) is 0.715. The third-order valence-electron chi connectivity index (χ3n) is 1.47. The first kappa shape index (κ1) is 13.7. The fourth-order valence-electron chi connectivity index (χ4n) is 0.821. The zero-order chi connectivity index (χ0) is 10.8. The minimum atomic E-state index is -0.797. The molecule has 0 N–H and O–H groups in total. The van der Waals surface area contributed by atoms with Crippen molar-refractivity contribution in [1.29, 1.82) is 0 Å². The van der Waals surface area contributed by atoms with Gasteiger partial charge in [-0.1, -0.05) is 0 Å². The van der Waals surface area contributed by atoms with E-state index in [0.717, 1.165) is 13.0 Å². The molecule has 0 saturated carbocycles. The lowest BCUT2D eigenvalue weighted by Crippen LogP contribution is -2.18. The third kappa shape index (κ3) is 9.77. The van der Waals surface area contributed by atoms with Crippen molar-refractivity contribution in [2.24, 2.45) is 0 Å². The molecular weight excluding hydrogens is 208 g/mol. The third-order valence-corrected chi connectivity index (χ3v) is 1.58. The average Bonchev–Trinajstić information content (AvgIpc) is 2.14. The van der Waals surface area contributed by atoms with Gasteiger partial charge in [-0.05, 0) is 20.3 Å². The van der Waals surface area contributed by atoms with Crippen LogP contribution in [0.1, 0.15) is 20.3 Å². The summed E-state index contributed by atoms with van der Waals surface area (Å²) in [4.78, 5) is 10.2. The summed E-state index contributed by atoms with van der Waals surface area (Å²) in [7, 11) is 0. The summed E-state index contributed by atoms with van der Waals surface area (Å²) in [5.74, 6) is 0. The molecule has 0 aliphatic carbocycles. The van der Waals surface area contributed by atoms with Gasteiger partial charge in [-0.2, -0.15) is 0 Å². The molecular formula is C9H17ClO4. The van der Waals surface area contributed by atoms with E-state index in [4.69, 9.17) is 21.1 Å². The molecule has 0 amide bonds. The van der Waals surface area contributed by atoms with Gasteiger partial charge in [-0.15, -0.1) is 0 Å². The largest absolute Gasteiger partial charge is 0.451 e. The number of hydrogen-bond donors (Lipinski definition) is 0. The monoisotopic (exact) mass is 224 g/mol. The minimum absolute atomic E-state index is 0.126. The molecule has 0 aromatic rings.